The summed E-state index contributed by atoms with van der Waals surface area (Å²) in [6.07, 6.45) is 6.52. The molecule has 0 saturated carbocycles. The Balaban J connectivity index is 1.70. The van der Waals surface area contributed by atoms with E-state index in [9.17, 15) is 0 Å². The van der Waals surface area contributed by atoms with Crippen molar-refractivity contribution in [2.75, 3.05) is 0 Å². The van der Waals surface area contributed by atoms with Crippen molar-refractivity contribution in [2.45, 2.75) is 0 Å². The molecule has 0 aliphatic heterocycles. The smallest absolute Gasteiger partial charge is 0.0622 e. The molecule has 0 aliphatic carbocycles. The van der Waals surface area contributed by atoms with Crippen LogP contribution in [0.25, 0.3) is 22.1 Å². The summed E-state index contributed by atoms with van der Waals surface area (Å²) in [6, 6.07) is 31.6. The Labute approximate surface area is 168 Å². The van der Waals surface area contributed by atoms with Gasteiger partial charge in [-0.15, -0.1) is 0 Å². The lowest BCUT2D eigenvalue weighted by Crippen LogP contribution is -1.82. The van der Waals surface area contributed by atoms with E-state index in [1.807, 2.05) is 28.7 Å². The molecular weight excluding hydrogens is 364 g/mol. The van der Waals surface area contributed by atoms with Crippen LogP contribution in [-0.4, -0.2) is 0 Å². The maximum atomic E-state index is 2.26. The van der Waals surface area contributed by atoms with Gasteiger partial charge in [0, 0.05) is 5.56 Å². The minimum absolute atomic E-state index is 1.21. The number of hydrogen-bond acceptors (Lipinski definition) is 1. The molecule has 0 bridgehead atoms. The van der Waals surface area contributed by atoms with Gasteiger partial charge in [0.05, 0.1) is 28.2 Å². The molecule has 1 heterocycles. The van der Waals surface area contributed by atoms with Crippen molar-refractivity contribution in [1.82, 2.24) is 0 Å². The highest BCUT2D eigenvalue weighted by Crippen LogP contribution is 2.38. The molecule has 0 unspecified atom stereocenters. The van der Waals surface area contributed by atoms with E-state index in [4.69, 9.17) is 0 Å². The third kappa shape index (κ3) is 4.48. The van der Waals surface area contributed by atoms with Crippen LogP contribution in [0.2, 0.25) is 0 Å². The summed E-state index contributed by atoms with van der Waals surface area (Å²) in [6.45, 7) is 0. The van der Waals surface area contributed by atoms with E-state index in [2.05, 4.69) is 109 Å². The van der Waals surface area contributed by atoms with Crippen molar-refractivity contribution in [3.63, 3.8) is 0 Å². The van der Waals surface area contributed by atoms with Crippen LogP contribution in [0.15, 0.2) is 109 Å². The minimum Gasteiger partial charge on any atom is -0.0622 e. The van der Waals surface area contributed by atoms with Gasteiger partial charge in [-0.1, -0.05) is 103 Å². The largest absolute Gasteiger partial charge is 0.286 e. The maximum absolute atomic E-state index is 2.26. The quantitative estimate of drug-likeness (QED) is 0.243. The molecule has 0 nitrogen and oxygen atoms in total. The molecule has 0 saturated heterocycles. The average Bonchev–Trinajstić information content (AvgIpc) is 3.23. The zero-order valence-electron chi connectivity index (χ0n) is 14.8. The number of benzene rings is 3. The molecule has 0 radical (unpaired) electrons. The Kier molecular flexibility index (Phi) is 5.68. The van der Waals surface area contributed by atoms with E-state index in [0.717, 1.165) is 0 Å². The fourth-order valence-electron chi connectivity index (χ4n) is 2.82. The van der Waals surface area contributed by atoms with E-state index in [-0.39, 0.29) is 0 Å². The first-order valence-electron chi connectivity index (χ1n) is 8.86. The molecule has 3 aromatic carbocycles. The van der Waals surface area contributed by atoms with E-state index in [1.165, 1.54) is 31.3 Å². The van der Waals surface area contributed by atoms with Crippen molar-refractivity contribution in [3.05, 3.63) is 124 Å². The van der Waals surface area contributed by atoms with Crippen molar-refractivity contribution in [2.24, 2.45) is 0 Å². The normalized spacial score (nSPS) is 11.8. The van der Waals surface area contributed by atoms with Gasteiger partial charge in [0.1, 0.15) is 5.38 Å². The van der Waals surface area contributed by atoms with Crippen LogP contribution >= 0.6 is 22.7 Å². The third-order valence-electron chi connectivity index (χ3n) is 4.19. The van der Waals surface area contributed by atoms with Crippen molar-refractivity contribution in [1.29, 1.82) is 0 Å². The van der Waals surface area contributed by atoms with Crippen molar-refractivity contribution in [3.8, 4) is 10.4 Å². The second-order valence-electron chi connectivity index (χ2n) is 6.07. The van der Waals surface area contributed by atoms with E-state index in [0.29, 0.717) is 0 Å². The molecule has 0 fully saturated rings. The van der Waals surface area contributed by atoms with Crippen LogP contribution in [0.1, 0.15) is 15.3 Å². The van der Waals surface area contributed by atoms with Crippen LogP contribution in [0, 0.1) is 0 Å². The predicted octanol–water partition coefficient (Wildman–Crippen LogP) is 7.90. The van der Waals surface area contributed by atoms with Gasteiger partial charge in [0.15, 0.2) is 4.88 Å². The summed E-state index contributed by atoms with van der Waals surface area (Å²) in [4.78, 5) is 1.31. The Hall–Kier alpha value is -2.81. The summed E-state index contributed by atoms with van der Waals surface area (Å²) in [5, 5.41) is 2.26. The molecule has 2 heteroatoms. The second-order valence-corrected chi connectivity index (χ2v) is 8.26. The number of hydrogen-bond donors (Lipinski definition) is 0. The summed E-state index contributed by atoms with van der Waals surface area (Å²) in [5.74, 6) is 0. The Morgan fingerprint density at radius 3 is 2.07 bits per heavy atom. The molecule has 0 amide bonds. The summed E-state index contributed by atoms with van der Waals surface area (Å²) in [5.41, 5.74) is 4.99. The lowest BCUT2D eigenvalue weighted by atomic mass is 10.1. The minimum atomic E-state index is 1.21. The topological polar surface area (TPSA) is 0 Å². The van der Waals surface area contributed by atoms with Gasteiger partial charge < -0.3 is 0 Å². The monoisotopic (exact) mass is 383 g/mol. The highest BCUT2D eigenvalue weighted by atomic mass is 32.2. The molecule has 0 N–H and O–H groups in total. The standard InChI is InChI=1S/C25H19S2/c1-4-11-20(12-5-1)13-10-18-23(21-14-6-2-7-15-21)25-26-19-24(27-25)22-16-8-3-9-17-22/h1-19H/q+1/b13-10+,23-18+. The lowest BCUT2D eigenvalue weighted by Gasteiger charge is -1.99. The van der Waals surface area contributed by atoms with Gasteiger partial charge >= 0.3 is 0 Å². The highest BCUT2D eigenvalue weighted by molar-refractivity contribution is 7.33. The Morgan fingerprint density at radius 2 is 1.37 bits per heavy atom. The SMILES string of the molecule is C(=C\c1ccccc1)/C=C(\c1ccccc1)c1sc(-c2ccccc2)c[s+]1. The van der Waals surface area contributed by atoms with Gasteiger partial charge in [0.25, 0.3) is 4.19 Å². The fourth-order valence-corrected chi connectivity index (χ4v) is 5.18. The van der Waals surface area contributed by atoms with Crippen LogP contribution < -0.4 is 0 Å². The van der Waals surface area contributed by atoms with Gasteiger partial charge in [-0.2, -0.15) is 0 Å². The van der Waals surface area contributed by atoms with Gasteiger partial charge in [0.2, 0.25) is 0 Å². The highest BCUT2D eigenvalue weighted by Gasteiger charge is 2.20. The van der Waals surface area contributed by atoms with Crippen LogP contribution in [0.3, 0.4) is 0 Å². The van der Waals surface area contributed by atoms with Gasteiger partial charge in [-0.25, -0.2) is 0 Å². The fraction of sp³-hybridized carbons (Fsp3) is 0. The van der Waals surface area contributed by atoms with Crippen molar-refractivity contribution < 1.29 is 0 Å². The van der Waals surface area contributed by atoms with Gasteiger partial charge in [-0.05, 0) is 17.2 Å². The number of rotatable bonds is 5. The summed E-state index contributed by atoms with van der Waals surface area (Å²) >= 11 is 3.66. The summed E-state index contributed by atoms with van der Waals surface area (Å²) < 4.78 is 1.32. The van der Waals surface area contributed by atoms with Crippen LogP contribution in [0.5, 0.6) is 0 Å². The molecule has 1 aromatic heterocycles. The predicted molar refractivity (Wildman–Crippen MR) is 121 cm³/mol. The first-order chi connectivity index (χ1) is 13.4. The lowest BCUT2D eigenvalue weighted by molar-refractivity contribution is 1.62. The first-order valence-corrected chi connectivity index (χ1v) is 10.6. The molecule has 0 aliphatic rings. The molecule has 4 aromatic rings. The summed E-state index contributed by atoms with van der Waals surface area (Å²) in [7, 11) is 0. The zero-order chi connectivity index (χ0) is 18.3. The first kappa shape index (κ1) is 17.6. The average molecular weight is 384 g/mol. The second kappa shape index (κ2) is 8.72. The third-order valence-corrected chi connectivity index (χ3v) is 6.64. The molecule has 130 valence electrons. The Bertz CT molecular complexity index is 1040. The molecular formula is C25H19S2+. The van der Waals surface area contributed by atoms with Crippen molar-refractivity contribution >= 4 is 34.3 Å². The molecule has 27 heavy (non-hydrogen) atoms. The number of allylic oxidation sites excluding steroid dienone is 2. The molecule has 0 spiro atoms. The van der Waals surface area contributed by atoms with Gasteiger partial charge in [-0.3, -0.25) is 0 Å². The Morgan fingerprint density at radius 1 is 0.741 bits per heavy atom. The zero-order valence-corrected chi connectivity index (χ0v) is 16.4. The molecule has 0 atom stereocenters. The van der Waals surface area contributed by atoms with E-state index < -0.39 is 0 Å². The van der Waals surface area contributed by atoms with E-state index >= 15 is 0 Å². The van der Waals surface area contributed by atoms with E-state index in [1.54, 1.807) is 0 Å². The molecule has 4 rings (SSSR count). The maximum Gasteiger partial charge on any atom is 0.286 e. The van der Waals surface area contributed by atoms with Crippen LogP contribution in [0.4, 0.5) is 0 Å². The van der Waals surface area contributed by atoms with Crippen LogP contribution in [-0.2, 0) is 0 Å².